The van der Waals surface area contributed by atoms with E-state index in [4.69, 9.17) is 4.42 Å². The number of aromatic nitrogens is 1. The Hall–Kier alpha value is -1.56. The van der Waals surface area contributed by atoms with E-state index in [0.717, 1.165) is 0 Å². The zero-order valence-corrected chi connectivity index (χ0v) is 9.83. The fourth-order valence-corrected chi connectivity index (χ4v) is 1.70. The molecule has 0 radical (unpaired) electrons. The number of fused-ring (bicyclic) bond motifs is 1. The summed E-state index contributed by atoms with van der Waals surface area (Å²) < 4.78 is 4.84. The first-order valence-corrected chi connectivity index (χ1v) is 5.80. The number of hydrogen-bond donors (Lipinski definition) is 2. The number of aromatic amines is 1. The van der Waals surface area contributed by atoms with Crippen molar-refractivity contribution in [1.82, 2.24) is 4.98 Å². The second-order valence-corrected chi connectivity index (χ2v) is 4.01. The van der Waals surface area contributed by atoms with Gasteiger partial charge in [-0.2, -0.15) is 0 Å². The Morgan fingerprint density at radius 3 is 3.06 bits per heavy atom. The topological polar surface area (TPSA) is 75.1 Å². The number of anilines is 1. The molecule has 1 heterocycles. The van der Waals surface area contributed by atoms with Crippen LogP contribution in [-0.2, 0) is 4.79 Å². The number of amides is 1. The number of H-pyrrole nitrogens is 1. The molecule has 1 aromatic heterocycles. The van der Waals surface area contributed by atoms with Crippen molar-refractivity contribution in [3.05, 3.63) is 28.7 Å². The summed E-state index contributed by atoms with van der Waals surface area (Å²) in [6.45, 7) is 0. The fourth-order valence-electron chi connectivity index (χ4n) is 1.34. The number of carbonyl (C=O) groups is 1. The molecule has 0 bridgehead atoms. The Kier molecular flexibility index (Phi) is 3.09. The predicted molar refractivity (Wildman–Crippen MR) is 63.9 cm³/mol. The zero-order chi connectivity index (χ0) is 11.5. The van der Waals surface area contributed by atoms with E-state index in [9.17, 15) is 9.59 Å². The zero-order valence-electron chi connectivity index (χ0n) is 8.25. The third-order valence-corrected chi connectivity index (χ3v) is 2.42. The van der Waals surface area contributed by atoms with Gasteiger partial charge in [0.2, 0.25) is 5.91 Å². The first kappa shape index (κ1) is 10.9. The van der Waals surface area contributed by atoms with Crippen molar-refractivity contribution >= 4 is 38.6 Å². The molecule has 0 fully saturated rings. The summed E-state index contributed by atoms with van der Waals surface area (Å²) in [4.78, 5) is 24.7. The van der Waals surface area contributed by atoms with Crippen LogP contribution < -0.4 is 11.1 Å². The molecule has 6 heteroatoms. The summed E-state index contributed by atoms with van der Waals surface area (Å²) in [7, 11) is 0. The van der Waals surface area contributed by atoms with E-state index >= 15 is 0 Å². The van der Waals surface area contributed by atoms with Crippen molar-refractivity contribution in [3.8, 4) is 0 Å². The minimum absolute atomic E-state index is 0.0814. The highest BCUT2D eigenvalue weighted by atomic mass is 79.9. The quantitative estimate of drug-likeness (QED) is 0.845. The van der Waals surface area contributed by atoms with Gasteiger partial charge < -0.3 is 9.73 Å². The Morgan fingerprint density at radius 1 is 1.50 bits per heavy atom. The van der Waals surface area contributed by atoms with E-state index in [1.165, 1.54) is 0 Å². The lowest BCUT2D eigenvalue weighted by atomic mass is 10.3. The molecule has 2 rings (SSSR count). The standard InChI is InChI=1S/C10H9BrN2O3/c11-4-3-9(14)12-6-1-2-8-7(5-6)13-10(15)16-8/h1-2,5H,3-4H2,(H,12,14)(H,13,15). The maximum atomic E-state index is 11.3. The molecule has 0 aliphatic heterocycles. The highest BCUT2D eigenvalue weighted by Crippen LogP contribution is 2.16. The third-order valence-electron chi connectivity index (χ3n) is 2.02. The van der Waals surface area contributed by atoms with Gasteiger partial charge in [-0.05, 0) is 18.2 Å². The molecular weight excluding hydrogens is 276 g/mol. The number of alkyl halides is 1. The molecule has 0 spiro atoms. The van der Waals surface area contributed by atoms with Gasteiger partial charge >= 0.3 is 5.76 Å². The second kappa shape index (κ2) is 4.52. The predicted octanol–water partition coefficient (Wildman–Crippen LogP) is 1.84. The molecule has 16 heavy (non-hydrogen) atoms. The Morgan fingerprint density at radius 2 is 2.31 bits per heavy atom. The van der Waals surface area contributed by atoms with Gasteiger partial charge in [-0.1, -0.05) is 15.9 Å². The van der Waals surface area contributed by atoms with E-state index < -0.39 is 5.76 Å². The molecule has 1 amide bonds. The van der Waals surface area contributed by atoms with Crippen LogP contribution in [0.2, 0.25) is 0 Å². The normalized spacial score (nSPS) is 10.6. The highest BCUT2D eigenvalue weighted by Gasteiger charge is 2.04. The second-order valence-electron chi connectivity index (χ2n) is 3.21. The number of hydrogen-bond acceptors (Lipinski definition) is 3. The largest absolute Gasteiger partial charge is 0.417 e. The SMILES string of the molecule is O=C(CCBr)Nc1ccc2oc(=O)[nH]c2c1. The number of oxazole rings is 1. The smallest absolute Gasteiger partial charge is 0.408 e. The van der Waals surface area contributed by atoms with Crippen LogP contribution in [0.5, 0.6) is 0 Å². The molecule has 2 N–H and O–H groups in total. The third kappa shape index (κ3) is 2.33. The molecule has 5 nitrogen and oxygen atoms in total. The monoisotopic (exact) mass is 284 g/mol. The van der Waals surface area contributed by atoms with Crippen molar-refractivity contribution in [1.29, 1.82) is 0 Å². The van der Waals surface area contributed by atoms with Gasteiger partial charge in [0.25, 0.3) is 0 Å². The molecule has 0 aliphatic rings. The number of benzene rings is 1. The van der Waals surface area contributed by atoms with Crippen LogP contribution in [0.3, 0.4) is 0 Å². The molecule has 0 unspecified atom stereocenters. The van der Waals surface area contributed by atoms with Crippen LogP contribution in [0.15, 0.2) is 27.4 Å². The number of rotatable bonds is 3. The van der Waals surface area contributed by atoms with Crippen LogP contribution in [0.25, 0.3) is 11.1 Å². The van der Waals surface area contributed by atoms with Gasteiger partial charge in [-0.15, -0.1) is 0 Å². The fraction of sp³-hybridized carbons (Fsp3) is 0.200. The van der Waals surface area contributed by atoms with Gasteiger partial charge in [0.15, 0.2) is 5.58 Å². The van der Waals surface area contributed by atoms with E-state index in [0.29, 0.717) is 28.5 Å². The highest BCUT2D eigenvalue weighted by molar-refractivity contribution is 9.09. The van der Waals surface area contributed by atoms with Crippen LogP contribution in [0, 0.1) is 0 Å². The molecular formula is C10H9BrN2O3. The first-order chi connectivity index (χ1) is 7.69. The number of halogens is 1. The molecule has 0 saturated carbocycles. The van der Waals surface area contributed by atoms with Crippen molar-refractivity contribution in [2.45, 2.75) is 6.42 Å². The van der Waals surface area contributed by atoms with Crippen LogP contribution in [0.1, 0.15) is 6.42 Å². The Labute approximate surface area is 99.0 Å². The van der Waals surface area contributed by atoms with Crippen LogP contribution in [-0.4, -0.2) is 16.2 Å². The molecule has 0 saturated heterocycles. The van der Waals surface area contributed by atoms with Gasteiger partial charge in [0.1, 0.15) is 0 Å². The minimum Gasteiger partial charge on any atom is -0.408 e. The van der Waals surface area contributed by atoms with E-state index in [2.05, 4.69) is 26.2 Å². The summed E-state index contributed by atoms with van der Waals surface area (Å²) in [6.07, 6.45) is 0.403. The molecule has 84 valence electrons. The van der Waals surface area contributed by atoms with Crippen molar-refractivity contribution in [3.63, 3.8) is 0 Å². The van der Waals surface area contributed by atoms with E-state index in [1.807, 2.05) is 0 Å². The summed E-state index contributed by atoms with van der Waals surface area (Å²) in [5, 5.41) is 3.33. The molecule has 2 aromatic rings. The van der Waals surface area contributed by atoms with Gasteiger partial charge in [-0.3, -0.25) is 9.78 Å². The first-order valence-electron chi connectivity index (χ1n) is 4.68. The van der Waals surface area contributed by atoms with Crippen molar-refractivity contribution in [2.24, 2.45) is 0 Å². The maximum absolute atomic E-state index is 11.3. The van der Waals surface area contributed by atoms with E-state index in [1.54, 1.807) is 18.2 Å². The van der Waals surface area contributed by atoms with E-state index in [-0.39, 0.29) is 5.91 Å². The van der Waals surface area contributed by atoms with Crippen molar-refractivity contribution in [2.75, 3.05) is 10.6 Å². The van der Waals surface area contributed by atoms with Gasteiger partial charge in [-0.25, -0.2) is 4.79 Å². The average Bonchev–Trinajstić information content (AvgIpc) is 2.57. The summed E-state index contributed by atoms with van der Waals surface area (Å²) in [5.41, 5.74) is 1.68. The lowest BCUT2D eigenvalue weighted by Crippen LogP contribution is -2.11. The molecule has 1 aromatic carbocycles. The lowest BCUT2D eigenvalue weighted by Gasteiger charge is -2.02. The lowest BCUT2D eigenvalue weighted by molar-refractivity contribution is -0.115. The maximum Gasteiger partial charge on any atom is 0.417 e. The Balaban J connectivity index is 2.25. The number of carbonyl (C=O) groups excluding carboxylic acids is 1. The Bertz CT molecular complexity index is 573. The summed E-state index contributed by atoms with van der Waals surface area (Å²) in [6, 6.07) is 4.98. The van der Waals surface area contributed by atoms with Gasteiger partial charge in [0, 0.05) is 17.4 Å². The van der Waals surface area contributed by atoms with Crippen LogP contribution >= 0.6 is 15.9 Å². The summed E-state index contributed by atoms with van der Waals surface area (Å²) >= 11 is 3.18. The number of nitrogens with one attached hydrogen (secondary N) is 2. The van der Waals surface area contributed by atoms with Crippen molar-refractivity contribution < 1.29 is 9.21 Å². The minimum atomic E-state index is -0.501. The summed E-state index contributed by atoms with van der Waals surface area (Å²) in [5.74, 6) is -0.582. The molecule has 0 aliphatic carbocycles. The van der Waals surface area contributed by atoms with Crippen LogP contribution in [0.4, 0.5) is 5.69 Å². The van der Waals surface area contributed by atoms with Gasteiger partial charge in [0.05, 0.1) is 5.52 Å². The average molecular weight is 285 g/mol. The molecule has 0 atom stereocenters.